The van der Waals surface area contributed by atoms with Gasteiger partial charge in [0.2, 0.25) is 0 Å². The minimum atomic E-state index is -0.706. The predicted octanol–water partition coefficient (Wildman–Crippen LogP) is 2.48. The summed E-state index contributed by atoms with van der Waals surface area (Å²) in [5.74, 6) is 0.887. The van der Waals surface area contributed by atoms with Gasteiger partial charge in [0.15, 0.2) is 11.5 Å². The number of rotatable bonds is 4. The average Bonchev–Trinajstić information content (AvgIpc) is 2.89. The van der Waals surface area contributed by atoms with Gasteiger partial charge in [-0.2, -0.15) is 0 Å². The summed E-state index contributed by atoms with van der Waals surface area (Å²) in [4.78, 5) is 14.7. The van der Waals surface area contributed by atoms with Crippen LogP contribution in [0.2, 0.25) is 0 Å². The fourth-order valence-corrected chi connectivity index (χ4v) is 3.64. The Balaban J connectivity index is 1.79. The maximum Gasteiger partial charge on any atom is 0.310 e. The number of ether oxygens (including phenoxy) is 2. The summed E-state index contributed by atoms with van der Waals surface area (Å²) in [5.41, 5.74) is 0.541. The first-order chi connectivity index (χ1) is 10.5. The highest BCUT2D eigenvalue weighted by Crippen LogP contribution is 2.38. The maximum absolute atomic E-state index is 11.4. The number of hydrogen-bond acceptors (Lipinski definition) is 5. The first kappa shape index (κ1) is 15.5. The van der Waals surface area contributed by atoms with E-state index >= 15 is 0 Å². The Morgan fingerprint density at radius 3 is 2.64 bits per heavy atom. The topological polar surface area (TPSA) is 59.0 Å². The third-order valence-electron chi connectivity index (χ3n) is 4.41. The van der Waals surface area contributed by atoms with E-state index in [4.69, 9.17) is 9.47 Å². The van der Waals surface area contributed by atoms with Gasteiger partial charge in [0.05, 0.1) is 5.41 Å². The largest absolute Gasteiger partial charge is 0.486 e. The molecule has 1 saturated heterocycles. The van der Waals surface area contributed by atoms with Crippen LogP contribution in [0.25, 0.3) is 0 Å². The Labute approximate surface area is 134 Å². The molecule has 2 aliphatic rings. The lowest BCUT2D eigenvalue weighted by atomic mass is 9.90. The van der Waals surface area contributed by atoms with Crippen LogP contribution in [0.1, 0.15) is 18.9 Å². The first-order valence-electron chi connectivity index (χ1n) is 7.44. The monoisotopic (exact) mass is 323 g/mol. The summed E-state index contributed by atoms with van der Waals surface area (Å²) < 4.78 is 11.3. The van der Waals surface area contributed by atoms with E-state index in [0.717, 1.165) is 29.5 Å². The van der Waals surface area contributed by atoms with Crippen molar-refractivity contribution in [3.8, 4) is 11.5 Å². The molecule has 2 heterocycles. The molecule has 3 rings (SSSR count). The number of fused-ring (bicyclic) bond motifs is 1. The van der Waals surface area contributed by atoms with Crippen LogP contribution >= 0.6 is 11.8 Å². The normalized spacial score (nSPS) is 24.5. The summed E-state index contributed by atoms with van der Waals surface area (Å²) in [5, 5.41) is 9.35. The SMILES string of the molecule is CSc1cc2c(cc1CN1CCC(C)(C(=O)O)C1)OCCO2. The summed E-state index contributed by atoms with van der Waals surface area (Å²) >= 11 is 1.68. The third-order valence-corrected chi connectivity index (χ3v) is 5.23. The number of thioether (sulfide) groups is 1. The van der Waals surface area contributed by atoms with Crippen molar-refractivity contribution in [2.75, 3.05) is 32.6 Å². The van der Waals surface area contributed by atoms with Crippen LogP contribution in [0.15, 0.2) is 17.0 Å². The van der Waals surface area contributed by atoms with E-state index in [2.05, 4.69) is 4.90 Å². The zero-order chi connectivity index (χ0) is 15.7. The zero-order valence-corrected chi connectivity index (χ0v) is 13.7. The van der Waals surface area contributed by atoms with Gasteiger partial charge in [0.25, 0.3) is 0 Å². The van der Waals surface area contributed by atoms with Crippen LogP contribution in [-0.4, -0.2) is 48.5 Å². The molecule has 5 nitrogen and oxygen atoms in total. The highest BCUT2D eigenvalue weighted by molar-refractivity contribution is 7.98. The second-order valence-corrected chi connectivity index (χ2v) is 6.98. The van der Waals surface area contributed by atoms with Gasteiger partial charge in [-0.25, -0.2) is 0 Å². The molecule has 0 aromatic heterocycles. The first-order valence-corrected chi connectivity index (χ1v) is 8.66. The van der Waals surface area contributed by atoms with Gasteiger partial charge in [0, 0.05) is 18.0 Å². The molecule has 6 heteroatoms. The van der Waals surface area contributed by atoms with Gasteiger partial charge < -0.3 is 14.6 Å². The van der Waals surface area contributed by atoms with Crippen molar-refractivity contribution in [1.29, 1.82) is 0 Å². The number of carboxylic acids is 1. The lowest BCUT2D eigenvalue weighted by Gasteiger charge is -2.24. The second-order valence-electron chi connectivity index (χ2n) is 6.13. The standard InChI is InChI=1S/C16H21NO4S/c1-16(15(18)19)3-4-17(10-16)9-11-7-12-13(8-14(11)22-2)21-6-5-20-12/h7-8H,3-6,9-10H2,1-2H3,(H,18,19). The molecule has 1 atom stereocenters. The molecule has 0 aliphatic carbocycles. The number of aliphatic carboxylic acids is 1. The molecule has 1 aromatic rings. The van der Waals surface area contributed by atoms with E-state index in [1.54, 1.807) is 11.8 Å². The number of hydrogen-bond donors (Lipinski definition) is 1. The van der Waals surface area contributed by atoms with Crippen LogP contribution in [0.3, 0.4) is 0 Å². The number of likely N-dealkylation sites (tertiary alicyclic amines) is 1. The maximum atomic E-state index is 11.4. The van der Waals surface area contributed by atoms with Crippen LogP contribution < -0.4 is 9.47 Å². The lowest BCUT2D eigenvalue weighted by molar-refractivity contribution is -0.147. The minimum absolute atomic E-state index is 0.575. The van der Waals surface area contributed by atoms with E-state index in [-0.39, 0.29) is 0 Å². The Morgan fingerprint density at radius 1 is 1.36 bits per heavy atom. The third kappa shape index (κ3) is 2.90. The quantitative estimate of drug-likeness (QED) is 0.859. The van der Waals surface area contributed by atoms with Crippen molar-refractivity contribution < 1.29 is 19.4 Å². The summed E-state index contributed by atoms with van der Waals surface area (Å²) in [6.45, 7) is 5.13. The van der Waals surface area contributed by atoms with Gasteiger partial charge in [-0.1, -0.05) is 0 Å². The van der Waals surface area contributed by atoms with Crippen LogP contribution in [0, 0.1) is 5.41 Å². The van der Waals surface area contributed by atoms with Gasteiger partial charge >= 0.3 is 5.97 Å². The van der Waals surface area contributed by atoms with Crippen molar-refractivity contribution in [3.05, 3.63) is 17.7 Å². The Kier molecular flexibility index (Phi) is 4.23. The molecule has 1 aromatic carbocycles. The fourth-order valence-electron chi connectivity index (χ4n) is 3.03. The molecule has 0 amide bonds. The van der Waals surface area contributed by atoms with Gasteiger partial charge in [-0.05, 0) is 43.8 Å². The van der Waals surface area contributed by atoms with Crippen LogP contribution in [0.4, 0.5) is 0 Å². The average molecular weight is 323 g/mol. The molecule has 0 spiro atoms. The van der Waals surface area contributed by atoms with Gasteiger partial charge in [-0.3, -0.25) is 9.69 Å². The Bertz CT molecular complexity index is 592. The summed E-state index contributed by atoms with van der Waals surface area (Å²) in [6, 6.07) is 4.07. The smallest absolute Gasteiger partial charge is 0.310 e. The molecular formula is C16H21NO4S. The fraction of sp³-hybridized carbons (Fsp3) is 0.562. The predicted molar refractivity (Wildman–Crippen MR) is 84.8 cm³/mol. The van der Waals surface area contributed by atoms with Crippen molar-refractivity contribution >= 4 is 17.7 Å². The van der Waals surface area contributed by atoms with Gasteiger partial charge in [-0.15, -0.1) is 11.8 Å². The molecule has 120 valence electrons. The lowest BCUT2D eigenvalue weighted by Crippen LogP contribution is -2.31. The molecule has 1 fully saturated rings. The number of benzene rings is 1. The van der Waals surface area contributed by atoms with Crippen LogP contribution in [0.5, 0.6) is 11.5 Å². The number of nitrogens with zero attached hydrogens (tertiary/aromatic N) is 1. The second kappa shape index (κ2) is 6.01. The highest BCUT2D eigenvalue weighted by atomic mass is 32.2. The Morgan fingerprint density at radius 2 is 2.05 bits per heavy atom. The zero-order valence-electron chi connectivity index (χ0n) is 12.9. The summed E-state index contributed by atoms with van der Waals surface area (Å²) in [6.07, 6.45) is 2.74. The molecule has 2 aliphatic heterocycles. The summed E-state index contributed by atoms with van der Waals surface area (Å²) in [7, 11) is 0. The van der Waals surface area contributed by atoms with E-state index in [1.165, 1.54) is 5.56 Å². The number of carboxylic acid groups (broad SMARTS) is 1. The van der Waals surface area contributed by atoms with E-state index < -0.39 is 11.4 Å². The highest BCUT2D eigenvalue weighted by Gasteiger charge is 2.40. The molecule has 0 radical (unpaired) electrons. The van der Waals surface area contributed by atoms with Gasteiger partial charge in [0.1, 0.15) is 13.2 Å². The minimum Gasteiger partial charge on any atom is -0.486 e. The van der Waals surface area contributed by atoms with E-state index in [0.29, 0.717) is 26.2 Å². The van der Waals surface area contributed by atoms with Crippen molar-refractivity contribution in [3.63, 3.8) is 0 Å². The molecule has 1 N–H and O–H groups in total. The van der Waals surface area contributed by atoms with Crippen molar-refractivity contribution in [1.82, 2.24) is 4.90 Å². The molecule has 22 heavy (non-hydrogen) atoms. The molecule has 1 unspecified atom stereocenters. The molecule has 0 bridgehead atoms. The Hall–Kier alpha value is -1.40. The van der Waals surface area contributed by atoms with Crippen LogP contribution in [-0.2, 0) is 11.3 Å². The van der Waals surface area contributed by atoms with Crippen molar-refractivity contribution in [2.24, 2.45) is 5.41 Å². The van der Waals surface area contributed by atoms with E-state index in [1.807, 2.05) is 25.3 Å². The van der Waals surface area contributed by atoms with E-state index in [9.17, 15) is 9.90 Å². The molecule has 0 saturated carbocycles. The molecular weight excluding hydrogens is 302 g/mol. The number of carbonyl (C=O) groups is 1. The van der Waals surface area contributed by atoms with Crippen molar-refractivity contribution in [2.45, 2.75) is 24.8 Å².